The highest BCUT2D eigenvalue weighted by atomic mass is 16.4. The standard InChI is InChI=1S/C21H37N7O6/c1-12(2)11-25-18(32)15(10-17(30)31)27-19(33)16-7-5-9-28(16)20(34)14(26-13(3)29)6-4-8-24-21(22)23/h12,14-16H,4-11H2,1-3H3,(H,25,32)(H,26,29)(H,27,33)(H,30,31)(H4,22,23,24)/t14-,15-,16-/m0/s1. The van der Waals surface area contributed by atoms with E-state index >= 15 is 0 Å². The highest BCUT2D eigenvalue weighted by Gasteiger charge is 2.38. The zero-order chi connectivity index (χ0) is 25.8. The van der Waals surface area contributed by atoms with Crippen molar-refractivity contribution < 1.29 is 29.1 Å². The normalized spacial score (nSPS) is 16.9. The molecule has 0 aromatic carbocycles. The van der Waals surface area contributed by atoms with Crippen molar-refractivity contribution >= 4 is 35.6 Å². The molecule has 13 heteroatoms. The number of nitrogens with one attached hydrogen (secondary N) is 3. The van der Waals surface area contributed by atoms with Crippen molar-refractivity contribution in [2.75, 3.05) is 19.6 Å². The molecule has 0 aromatic rings. The summed E-state index contributed by atoms with van der Waals surface area (Å²) in [6.45, 7) is 5.96. The minimum absolute atomic E-state index is 0.0768. The van der Waals surface area contributed by atoms with Crippen molar-refractivity contribution in [2.24, 2.45) is 22.4 Å². The van der Waals surface area contributed by atoms with Crippen LogP contribution in [0.25, 0.3) is 0 Å². The zero-order valence-corrected chi connectivity index (χ0v) is 20.0. The van der Waals surface area contributed by atoms with Gasteiger partial charge in [-0.25, -0.2) is 0 Å². The molecule has 0 saturated carbocycles. The van der Waals surface area contributed by atoms with Crippen LogP contribution in [0.4, 0.5) is 0 Å². The minimum Gasteiger partial charge on any atom is -0.481 e. The van der Waals surface area contributed by atoms with Crippen LogP contribution in [0.15, 0.2) is 4.99 Å². The summed E-state index contributed by atoms with van der Waals surface area (Å²) in [5.41, 5.74) is 10.6. The summed E-state index contributed by atoms with van der Waals surface area (Å²) in [6, 6.07) is -3.02. The fourth-order valence-electron chi connectivity index (χ4n) is 3.59. The van der Waals surface area contributed by atoms with Gasteiger partial charge < -0.3 is 37.4 Å². The zero-order valence-electron chi connectivity index (χ0n) is 20.0. The number of carbonyl (C=O) groups is 5. The summed E-state index contributed by atoms with van der Waals surface area (Å²) in [4.78, 5) is 66.6. The number of likely N-dealkylation sites (tertiary alicyclic amines) is 1. The van der Waals surface area contributed by atoms with Crippen LogP contribution >= 0.6 is 0 Å². The number of nitrogens with zero attached hydrogens (tertiary/aromatic N) is 2. The molecule has 8 N–H and O–H groups in total. The van der Waals surface area contributed by atoms with Gasteiger partial charge in [0.25, 0.3) is 0 Å². The summed E-state index contributed by atoms with van der Waals surface area (Å²) in [6.07, 6.45) is 1.00. The summed E-state index contributed by atoms with van der Waals surface area (Å²) in [5, 5.41) is 16.9. The summed E-state index contributed by atoms with van der Waals surface area (Å²) < 4.78 is 0. The molecule has 0 aromatic heterocycles. The molecule has 1 rings (SSSR count). The number of carboxylic acids is 1. The van der Waals surface area contributed by atoms with Gasteiger partial charge in [-0.15, -0.1) is 0 Å². The molecule has 13 nitrogen and oxygen atoms in total. The Morgan fingerprint density at radius 3 is 2.35 bits per heavy atom. The van der Waals surface area contributed by atoms with E-state index in [0.29, 0.717) is 32.4 Å². The van der Waals surface area contributed by atoms with Gasteiger partial charge in [0.2, 0.25) is 23.6 Å². The number of aliphatic imine (C=N–C) groups is 1. The van der Waals surface area contributed by atoms with Crippen LogP contribution in [-0.4, -0.2) is 83.3 Å². The van der Waals surface area contributed by atoms with Gasteiger partial charge in [-0.05, 0) is 31.6 Å². The van der Waals surface area contributed by atoms with E-state index in [-0.39, 0.29) is 24.8 Å². The van der Waals surface area contributed by atoms with Crippen molar-refractivity contribution in [1.82, 2.24) is 20.9 Å². The molecule has 34 heavy (non-hydrogen) atoms. The van der Waals surface area contributed by atoms with Crippen LogP contribution in [0, 0.1) is 5.92 Å². The van der Waals surface area contributed by atoms with Crippen LogP contribution in [0.1, 0.15) is 52.9 Å². The summed E-state index contributed by atoms with van der Waals surface area (Å²) in [5.74, 6) is -3.22. The number of guanidine groups is 1. The Labute approximate surface area is 199 Å². The number of nitrogens with two attached hydrogens (primary N) is 2. The highest BCUT2D eigenvalue weighted by molar-refractivity contribution is 5.95. The lowest BCUT2D eigenvalue weighted by Gasteiger charge is -2.29. The van der Waals surface area contributed by atoms with Crippen LogP contribution in [0.3, 0.4) is 0 Å². The van der Waals surface area contributed by atoms with E-state index < -0.39 is 54.1 Å². The molecule has 0 spiro atoms. The number of carbonyl (C=O) groups excluding carboxylic acids is 4. The molecule has 1 fully saturated rings. The lowest BCUT2D eigenvalue weighted by molar-refractivity contribution is -0.143. The van der Waals surface area contributed by atoms with Crippen molar-refractivity contribution in [3.8, 4) is 0 Å². The second kappa shape index (κ2) is 14.0. The maximum absolute atomic E-state index is 13.2. The lowest BCUT2D eigenvalue weighted by atomic mass is 10.1. The fourth-order valence-corrected chi connectivity index (χ4v) is 3.59. The van der Waals surface area contributed by atoms with Gasteiger partial charge >= 0.3 is 5.97 Å². The lowest BCUT2D eigenvalue weighted by Crippen LogP contribution is -2.56. The number of aliphatic carboxylic acids is 1. The number of hydrogen-bond acceptors (Lipinski definition) is 6. The Morgan fingerprint density at radius 2 is 1.79 bits per heavy atom. The molecule has 0 aliphatic carbocycles. The van der Waals surface area contributed by atoms with Gasteiger partial charge in [-0.1, -0.05) is 13.8 Å². The van der Waals surface area contributed by atoms with E-state index in [0.717, 1.165) is 0 Å². The Morgan fingerprint density at radius 1 is 1.12 bits per heavy atom. The van der Waals surface area contributed by atoms with Crippen LogP contribution in [-0.2, 0) is 24.0 Å². The first-order chi connectivity index (χ1) is 15.9. The molecule has 0 unspecified atom stereocenters. The van der Waals surface area contributed by atoms with E-state index in [2.05, 4.69) is 20.9 Å². The molecule has 1 aliphatic rings. The average molecular weight is 484 g/mol. The fraction of sp³-hybridized carbons (Fsp3) is 0.714. The van der Waals surface area contributed by atoms with E-state index in [1.807, 2.05) is 13.8 Å². The number of rotatable bonds is 13. The maximum Gasteiger partial charge on any atom is 0.305 e. The van der Waals surface area contributed by atoms with Gasteiger partial charge in [-0.3, -0.25) is 29.0 Å². The van der Waals surface area contributed by atoms with Gasteiger partial charge in [0.05, 0.1) is 6.42 Å². The molecule has 0 bridgehead atoms. The minimum atomic E-state index is -1.27. The van der Waals surface area contributed by atoms with Crippen LogP contribution in [0.2, 0.25) is 0 Å². The Balaban J connectivity index is 2.90. The number of hydrogen-bond donors (Lipinski definition) is 6. The predicted molar refractivity (Wildman–Crippen MR) is 124 cm³/mol. The summed E-state index contributed by atoms with van der Waals surface area (Å²) >= 11 is 0. The molecule has 4 amide bonds. The van der Waals surface area contributed by atoms with Gasteiger partial charge in [0.1, 0.15) is 18.1 Å². The number of carboxylic acid groups (broad SMARTS) is 1. The van der Waals surface area contributed by atoms with Crippen molar-refractivity contribution in [3.63, 3.8) is 0 Å². The van der Waals surface area contributed by atoms with Gasteiger partial charge in [-0.2, -0.15) is 0 Å². The van der Waals surface area contributed by atoms with Crippen LogP contribution in [0.5, 0.6) is 0 Å². The molecular weight excluding hydrogens is 446 g/mol. The first kappa shape index (κ1) is 28.7. The van der Waals surface area contributed by atoms with E-state index in [9.17, 15) is 24.0 Å². The van der Waals surface area contributed by atoms with Crippen molar-refractivity contribution in [1.29, 1.82) is 0 Å². The third kappa shape index (κ3) is 10.0. The topological polar surface area (TPSA) is 209 Å². The SMILES string of the molecule is CC(=O)N[C@@H](CCCN=C(N)N)C(=O)N1CCC[C@H]1C(=O)N[C@@H](CC(=O)O)C(=O)NCC(C)C. The number of amides is 4. The molecule has 192 valence electrons. The second-order valence-electron chi connectivity index (χ2n) is 8.69. The Kier molecular flexibility index (Phi) is 11.8. The molecule has 1 saturated heterocycles. The van der Waals surface area contributed by atoms with E-state index in [1.165, 1.54) is 11.8 Å². The predicted octanol–water partition coefficient (Wildman–Crippen LogP) is -1.73. The Bertz CT molecular complexity index is 782. The van der Waals surface area contributed by atoms with Gasteiger partial charge in [0, 0.05) is 26.6 Å². The smallest absolute Gasteiger partial charge is 0.305 e. The van der Waals surface area contributed by atoms with Crippen molar-refractivity contribution in [2.45, 2.75) is 71.0 Å². The monoisotopic (exact) mass is 483 g/mol. The van der Waals surface area contributed by atoms with Crippen LogP contribution < -0.4 is 27.4 Å². The van der Waals surface area contributed by atoms with E-state index in [4.69, 9.17) is 16.6 Å². The molecule has 1 heterocycles. The van der Waals surface area contributed by atoms with Crippen molar-refractivity contribution in [3.05, 3.63) is 0 Å². The summed E-state index contributed by atoms with van der Waals surface area (Å²) in [7, 11) is 0. The third-order valence-electron chi connectivity index (χ3n) is 5.16. The molecule has 3 atom stereocenters. The maximum atomic E-state index is 13.2. The van der Waals surface area contributed by atoms with Gasteiger partial charge in [0.15, 0.2) is 5.96 Å². The third-order valence-corrected chi connectivity index (χ3v) is 5.16. The second-order valence-corrected chi connectivity index (χ2v) is 8.69. The first-order valence-corrected chi connectivity index (χ1v) is 11.3. The molecule has 0 radical (unpaired) electrons. The Hall–Kier alpha value is -3.38. The quantitative estimate of drug-likeness (QED) is 0.100. The van der Waals surface area contributed by atoms with E-state index in [1.54, 1.807) is 0 Å². The first-order valence-electron chi connectivity index (χ1n) is 11.3. The average Bonchev–Trinajstić information content (AvgIpc) is 3.22. The molecular formula is C21H37N7O6. The largest absolute Gasteiger partial charge is 0.481 e. The highest BCUT2D eigenvalue weighted by Crippen LogP contribution is 2.20. The molecule has 1 aliphatic heterocycles.